The van der Waals surface area contributed by atoms with Crippen LogP contribution in [-0.4, -0.2) is 23.5 Å². The maximum Gasteiger partial charge on any atom is 0.333 e. The summed E-state index contributed by atoms with van der Waals surface area (Å²) in [6, 6.07) is 8.40. The van der Waals surface area contributed by atoms with Crippen LogP contribution in [0.2, 0.25) is 10.0 Å². The Kier molecular flexibility index (Phi) is 8.02. The van der Waals surface area contributed by atoms with Crippen molar-refractivity contribution < 1.29 is 14.6 Å². The number of nitrogens with one attached hydrogen (secondary N) is 2. The van der Waals surface area contributed by atoms with Gasteiger partial charge < -0.3 is 20.9 Å². The Balaban J connectivity index is 0.00000338. The summed E-state index contributed by atoms with van der Waals surface area (Å²) in [7, 11) is 0. The van der Waals surface area contributed by atoms with E-state index in [2.05, 4.69) is 5.32 Å². The minimum atomic E-state index is -1.01. The molecule has 1 atom stereocenters. The highest BCUT2D eigenvalue weighted by Crippen LogP contribution is 2.36. The average Bonchev–Trinajstić information content (AvgIpc) is 2.56. The number of halogens is 3. The average molecular weight is 419 g/mol. The Bertz CT molecular complexity index is 798. The second-order valence-electron chi connectivity index (χ2n) is 5.15. The molecular formula is C17H18Cl3N3O3. The number of anilines is 1. The number of nitrogens with two attached hydrogens (primary N) is 1. The molecule has 26 heavy (non-hydrogen) atoms. The van der Waals surface area contributed by atoms with Gasteiger partial charge in [-0.2, -0.15) is 0 Å². The Morgan fingerprint density at radius 3 is 2.46 bits per heavy atom. The van der Waals surface area contributed by atoms with Gasteiger partial charge in [0.05, 0.1) is 11.6 Å². The zero-order chi connectivity index (χ0) is 18.6. The second kappa shape index (κ2) is 9.52. The van der Waals surface area contributed by atoms with Crippen molar-refractivity contribution in [1.82, 2.24) is 0 Å². The molecule has 0 fully saturated rings. The van der Waals surface area contributed by atoms with Crippen molar-refractivity contribution in [3.8, 4) is 5.75 Å². The lowest BCUT2D eigenvalue weighted by Gasteiger charge is -2.20. The number of amidine groups is 1. The maximum atomic E-state index is 12.4. The van der Waals surface area contributed by atoms with Gasteiger partial charge in [0, 0.05) is 21.8 Å². The van der Waals surface area contributed by atoms with Crippen LogP contribution in [0.4, 0.5) is 5.69 Å². The standard InChI is InChI=1S/C17H17Cl2N3O3.ClH/c1-2-25-17(24)14(12-7-10(18)8-13(19)15(12)23)22-11-5-3-9(4-6-11)16(20)21;/h3-8,14,22-23H,2H2,1H3,(H3,20,21);1H. The van der Waals surface area contributed by atoms with Gasteiger partial charge in [-0.25, -0.2) is 4.79 Å². The van der Waals surface area contributed by atoms with E-state index < -0.39 is 12.0 Å². The fourth-order valence-corrected chi connectivity index (χ4v) is 2.72. The number of hydrogen-bond donors (Lipinski definition) is 4. The molecule has 6 nitrogen and oxygen atoms in total. The van der Waals surface area contributed by atoms with Gasteiger partial charge in [0.15, 0.2) is 6.04 Å². The molecule has 0 saturated carbocycles. The van der Waals surface area contributed by atoms with Gasteiger partial charge in [-0.05, 0) is 43.3 Å². The normalized spacial score (nSPS) is 11.2. The number of rotatable bonds is 6. The number of ether oxygens (including phenoxy) is 1. The van der Waals surface area contributed by atoms with Gasteiger partial charge in [0.25, 0.3) is 0 Å². The third-order valence-corrected chi connectivity index (χ3v) is 3.90. The van der Waals surface area contributed by atoms with E-state index in [9.17, 15) is 9.90 Å². The van der Waals surface area contributed by atoms with Crippen LogP contribution in [0.1, 0.15) is 24.1 Å². The van der Waals surface area contributed by atoms with Crippen molar-refractivity contribution in [3.05, 3.63) is 57.6 Å². The van der Waals surface area contributed by atoms with Gasteiger partial charge in [0.2, 0.25) is 0 Å². The van der Waals surface area contributed by atoms with E-state index in [1.165, 1.54) is 12.1 Å². The Hall–Kier alpha value is -2.15. The minimum Gasteiger partial charge on any atom is -0.506 e. The molecule has 0 aromatic heterocycles. The summed E-state index contributed by atoms with van der Waals surface area (Å²) in [6.45, 7) is 1.86. The Morgan fingerprint density at radius 2 is 1.92 bits per heavy atom. The minimum absolute atomic E-state index is 0. The predicted molar refractivity (Wildman–Crippen MR) is 106 cm³/mol. The lowest BCUT2D eigenvalue weighted by Crippen LogP contribution is -2.23. The number of aromatic hydroxyl groups is 1. The van der Waals surface area contributed by atoms with E-state index in [0.29, 0.717) is 11.3 Å². The van der Waals surface area contributed by atoms with Crippen LogP contribution in [0, 0.1) is 5.41 Å². The zero-order valence-electron chi connectivity index (χ0n) is 13.8. The molecule has 140 valence electrons. The van der Waals surface area contributed by atoms with E-state index in [0.717, 1.165) is 0 Å². The highest BCUT2D eigenvalue weighted by atomic mass is 35.5. The van der Waals surface area contributed by atoms with Crippen LogP contribution in [0.3, 0.4) is 0 Å². The fraction of sp³-hybridized carbons (Fsp3) is 0.176. The molecule has 0 aliphatic heterocycles. The molecule has 0 amide bonds. The molecule has 2 aromatic carbocycles. The van der Waals surface area contributed by atoms with Crippen molar-refractivity contribution in [2.45, 2.75) is 13.0 Å². The first-order valence-corrected chi connectivity index (χ1v) is 8.14. The number of benzene rings is 2. The Morgan fingerprint density at radius 1 is 1.31 bits per heavy atom. The first kappa shape index (κ1) is 21.9. The SMILES string of the molecule is CCOC(=O)C(Nc1ccc(C(=N)N)cc1)c1cc(Cl)cc(Cl)c1O.Cl. The van der Waals surface area contributed by atoms with Crippen LogP contribution in [0.25, 0.3) is 0 Å². The molecule has 0 bridgehead atoms. The first-order valence-electron chi connectivity index (χ1n) is 7.39. The summed E-state index contributed by atoms with van der Waals surface area (Å²) in [5, 5.41) is 20.9. The number of phenolic OH excluding ortho intramolecular Hbond substituents is 1. The van der Waals surface area contributed by atoms with Gasteiger partial charge in [0.1, 0.15) is 11.6 Å². The van der Waals surface area contributed by atoms with Gasteiger partial charge in [-0.1, -0.05) is 23.2 Å². The first-order chi connectivity index (χ1) is 11.8. The highest BCUT2D eigenvalue weighted by Gasteiger charge is 2.26. The maximum absolute atomic E-state index is 12.4. The summed E-state index contributed by atoms with van der Waals surface area (Å²) in [5.41, 5.74) is 6.74. The van der Waals surface area contributed by atoms with E-state index in [1.807, 2.05) is 0 Å². The van der Waals surface area contributed by atoms with Crippen molar-refractivity contribution in [1.29, 1.82) is 5.41 Å². The fourth-order valence-electron chi connectivity index (χ4n) is 2.21. The van der Waals surface area contributed by atoms with Crippen LogP contribution in [0.15, 0.2) is 36.4 Å². The Labute approximate surface area is 167 Å². The number of phenols is 1. The molecule has 0 radical (unpaired) electrons. The summed E-state index contributed by atoms with van der Waals surface area (Å²) in [5.74, 6) is -0.906. The number of carbonyl (C=O) groups is 1. The zero-order valence-corrected chi connectivity index (χ0v) is 16.1. The molecular weight excluding hydrogens is 401 g/mol. The summed E-state index contributed by atoms with van der Waals surface area (Å²) < 4.78 is 5.07. The monoisotopic (exact) mass is 417 g/mol. The molecule has 1 unspecified atom stereocenters. The number of esters is 1. The van der Waals surface area contributed by atoms with Gasteiger partial charge in [-0.15, -0.1) is 12.4 Å². The van der Waals surface area contributed by atoms with Crippen LogP contribution >= 0.6 is 35.6 Å². The molecule has 2 aromatic rings. The molecule has 0 aliphatic rings. The van der Waals surface area contributed by atoms with E-state index >= 15 is 0 Å². The largest absolute Gasteiger partial charge is 0.506 e. The third-order valence-electron chi connectivity index (χ3n) is 3.40. The third kappa shape index (κ3) is 5.17. The molecule has 0 spiro atoms. The lowest BCUT2D eigenvalue weighted by molar-refractivity contribution is -0.144. The van der Waals surface area contributed by atoms with Gasteiger partial charge >= 0.3 is 5.97 Å². The highest BCUT2D eigenvalue weighted by molar-refractivity contribution is 6.35. The lowest BCUT2D eigenvalue weighted by atomic mass is 10.0. The number of nitrogen functional groups attached to an aromatic ring is 1. The van der Waals surface area contributed by atoms with E-state index in [-0.39, 0.29) is 46.2 Å². The molecule has 0 heterocycles. The van der Waals surface area contributed by atoms with Crippen molar-refractivity contribution in [3.63, 3.8) is 0 Å². The summed E-state index contributed by atoms with van der Waals surface area (Å²) in [6.07, 6.45) is 0. The molecule has 9 heteroatoms. The smallest absolute Gasteiger partial charge is 0.333 e. The van der Waals surface area contributed by atoms with E-state index in [1.54, 1.807) is 31.2 Å². The summed E-state index contributed by atoms with van der Waals surface area (Å²) >= 11 is 11.9. The topological polar surface area (TPSA) is 108 Å². The summed E-state index contributed by atoms with van der Waals surface area (Å²) in [4.78, 5) is 12.4. The van der Waals surface area contributed by atoms with Crippen LogP contribution in [-0.2, 0) is 9.53 Å². The van der Waals surface area contributed by atoms with E-state index in [4.69, 9.17) is 39.1 Å². The quantitative estimate of drug-likeness (QED) is 0.320. The van der Waals surface area contributed by atoms with Gasteiger partial charge in [-0.3, -0.25) is 5.41 Å². The number of carbonyl (C=O) groups excluding carboxylic acids is 1. The molecule has 5 N–H and O–H groups in total. The second-order valence-corrected chi connectivity index (χ2v) is 5.99. The predicted octanol–water partition coefficient (Wildman–Crippen LogP) is 4.12. The van der Waals surface area contributed by atoms with Crippen molar-refractivity contribution in [2.24, 2.45) is 5.73 Å². The molecule has 0 saturated heterocycles. The molecule has 2 rings (SSSR count). The van der Waals surface area contributed by atoms with Crippen molar-refractivity contribution >= 4 is 53.1 Å². The molecule has 0 aliphatic carbocycles. The van der Waals surface area contributed by atoms with Crippen LogP contribution < -0.4 is 11.1 Å². The van der Waals surface area contributed by atoms with Crippen LogP contribution in [0.5, 0.6) is 5.75 Å². The van der Waals surface area contributed by atoms with Crippen molar-refractivity contribution in [2.75, 3.05) is 11.9 Å². The number of hydrogen-bond acceptors (Lipinski definition) is 5.